The highest BCUT2D eigenvalue weighted by Gasteiger charge is 2.36. The van der Waals surface area contributed by atoms with Gasteiger partial charge in [-0.2, -0.15) is 0 Å². The molecule has 1 fully saturated rings. The minimum absolute atomic E-state index is 0.236. The zero-order valence-electron chi connectivity index (χ0n) is 13.1. The highest BCUT2D eigenvalue weighted by Crippen LogP contribution is 2.35. The van der Waals surface area contributed by atoms with E-state index in [-0.39, 0.29) is 5.54 Å². The number of nitrogens with zero attached hydrogens (tertiary/aromatic N) is 1. The number of ether oxygens (including phenoxy) is 1. The molecule has 0 amide bonds. The maximum Gasteiger partial charge on any atom is 0.119 e. The summed E-state index contributed by atoms with van der Waals surface area (Å²) in [5.41, 5.74) is 1.85. The van der Waals surface area contributed by atoms with Crippen molar-refractivity contribution in [3.63, 3.8) is 0 Å². The van der Waals surface area contributed by atoms with E-state index in [1.165, 1.54) is 19.3 Å². The van der Waals surface area contributed by atoms with Gasteiger partial charge in [-0.3, -0.25) is 4.90 Å². The van der Waals surface area contributed by atoms with Crippen LogP contribution in [0.25, 0.3) is 0 Å². The molecule has 1 unspecified atom stereocenters. The van der Waals surface area contributed by atoms with Crippen molar-refractivity contribution in [1.82, 2.24) is 4.90 Å². The van der Waals surface area contributed by atoms with Gasteiger partial charge >= 0.3 is 0 Å². The van der Waals surface area contributed by atoms with E-state index < -0.39 is 6.10 Å². The molecule has 1 atom stereocenters. The van der Waals surface area contributed by atoms with Gasteiger partial charge in [0.25, 0.3) is 0 Å². The molecule has 1 aromatic rings. The average molecular weight is 277 g/mol. The average Bonchev–Trinajstić information content (AvgIpc) is 2.47. The second kappa shape index (κ2) is 6.15. The highest BCUT2D eigenvalue weighted by molar-refractivity contribution is 5.37. The van der Waals surface area contributed by atoms with E-state index in [0.29, 0.717) is 0 Å². The van der Waals surface area contributed by atoms with Crippen molar-refractivity contribution < 1.29 is 9.84 Å². The van der Waals surface area contributed by atoms with Crippen LogP contribution in [0.2, 0.25) is 0 Å². The van der Waals surface area contributed by atoms with Gasteiger partial charge in [0.2, 0.25) is 0 Å². The van der Waals surface area contributed by atoms with Crippen LogP contribution >= 0.6 is 0 Å². The van der Waals surface area contributed by atoms with Crippen LogP contribution in [-0.2, 0) is 0 Å². The molecule has 0 radical (unpaired) electrons. The van der Waals surface area contributed by atoms with Crippen molar-refractivity contribution in [3.8, 4) is 5.75 Å². The summed E-state index contributed by atoms with van der Waals surface area (Å²) in [5.74, 6) is 0.842. The Hall–Kier alpha value is -1.06. The minimum atomic E-state index is -0.480. The van der Waals surface area contributed by atoms with Crippen LogP contribution in [-0.4, -0.2) is 35.7 Å². The molecule has 3 heteroatoms. The number of hydrogen-bond acceptors (Lipinski definition) is 3. The van der Waals surface area contributed by atoms with E-state index in [2.05, 4.69) is 18.7 Å². The number of benzene rings is 1. The quantitative estimate of drug-likeness (QED) is 0.916. The molecule has 1 aliphatic heterocycles. The second-order valence-electron chi connectivity index (χ2n) is 6.33. The molecule has 2 rings (SSSR count). The lowest BCUT2D eigenvalue weighted by Gasteiger charge is -2.44. The molecule has 3 nitrogen and oxygen atoms in total. The first kappa shape index (κ1) is 15.3. The van der Waals surface area contributed by atoms with Crippen molar-refractivity contribution >= 4 is 0 Å². The third-order valence-electron chi connectivity index (χ3n) is 4.61. The number of hydrogen-bond donors (Lipinski definition) is 1. The maximum absolute atomic E-state index is 10.9. The van der Waals surface area contributed by atoms with Crippen LogP contribution < -0.4 is 4.74 Å². The maximum atomic E-state index is 10.9. The van der Waals surface area contributed by atoms with E-state index >= 15 is 0 Å². The number of piperidine rings is 1. The Balaban J connectivity index is 2.22. The van der Waals surface area contributed by atoms with Crippen LogP contribution in [0.4, 0.5) is 0 Å². The summed E-state index contributed by atoms with van der Waals surface area (Å²) in [6.45, 7) is 8.49. The standard InChI is InChI=1S/C17H27NO2/c1-13-12-14(20-4)8-9-15(13)16(19)17(2,3)18-10-6-5-7-11-18/h8-9,12,16,19H,5-7,10-11H2,1-4H3. The second-order valence-corrected chi connectivity index (χ2v) is 6.33. The Bertz CT molecular complexity index is 450. The first-order chi connectivity index (χ1) is 9.46. The predicted octanol–water partition coefficient (Wildman–Crippen LogP) is 3.30. The van der Waals surface area contributed by atoms with Gasteiger partial charge in [0.15, 0.2) is 0 Å². The third kappa shape index (κ3) is 2.99. The van der Waals surface area contributed by atoms with Gasteiger partial charge in [0.1, 0.15) is 5.75 Å². The Labute approximate surface area is 122 Å². The first-order valence-electron chi connectivity index (χ1n) is 7.54. The highest BCUT2D eigenvalue weighted by atomic mass is 16.5. The van der Waals surface area contributed by atoms with Gasteiger partial charge in [-0.15, -0.1) is 0 Å². The number of aliphatic hydroxyl groups excluding tert-OH is 1. The summed E-state index contributed by atoms with van der Waals surface area (Å²) in [7, 11) is 1.67. The zero-order chi connectivity index (χ0) is 14.8. The van der Waals surface area contributed by atoms with Crippen molar-refractivity contribution in [2.75, 3.05) is 20.2 Å². The van der Waals surface area contributed by atoms with Gasteiger partial charge in [-0.05, 0) is 70.0 Å². The molecule has 0 aromatic heterocycles. The molecule has 1 aliphatic rings. The molecule has 0 aliphatic carbocycles. The molecule has 20 heavy (non-hydrogen) atoms. The molecule has 1 saturated heterocycles. The van der Waals surface area contributed by atoms with E-state index in [0.717, 1.165) is 30.0 Å². The van der Waals surface area contributed by atoms with Crippen LogP contribution in [0.3, 0.4) is 0 Å². The minimum Gasteiger partial charge on any atom is -0.497 e. The lowest BCUT2D eigenvalue weighted by molar-refractivity contribution is -0.0212. The van der Waals surface area contributed by atoms with Gasteiger partial charge in [0.05, 0.1) is 13.2 Å². The molecule has 0 saturated carbocycles. The fourth-order valence-electron chi connectivity index (χ4n) is 3.11. The van der Waals surface area contributed by atoms with E-state index in [1.807, 2.05) is 25.1 Å². The number of likely N-dealkylation sites (tertiary alicyclic amines) is 1. The van der Waals surface area contributed by atoms with Gasteiger partial charge < -0.3 is 9.84 Å². The summed E-state index contributed by atoms with van der Waals surface area (Å²) in [5, 5.41) is 10.9. The fourth-order valence-corrected chi connectivity index (χ4v) is 3.11. The molecule has 1 aromatic carbocycles. The summed E-state index contributed by atoms with van der Waals surface area (Å²) in [4.78, 5) is 2.42. The fraction of sp³-hybridized carbons (Fsp3) is 0.647. The Morgan fingerprint density at radius 3 is 2.40 bits per heavy atom. The summed E-state index contributed by atoms with van der Waals surface area (Å²) < 4.78 is 5.24. The van der Waals surface area contributed by atoms with E-state index in [9.17, 15) is 5.11 Å². The van der Waals surface area contributed by atoms with E-state index in [1.54, 1.807) is 7.11 Å². The van der Waals surface area contributed by atoms with Gasteiger partial charge in [0, 0.05) is 5.54 Å². The van der Waals surface area contributed by atoms with Crippen LogP contribution in [0, 0.1) is 6.92 Å². The topological polar surface area (TPSA) is 32.7 Å². The molecular formula is C17H27NO2. The smallest absolute Gasteiger partial charge is 0.119 e. The van der Waals surface area contributed by atoms with E-state index in [4.69, 9.17) is 4.74 Å². The van der Waals surface area contributed by atoms with Gasteiger partial charge in [-0.1, -0.05) is 12.5 Å². The lowest BCUT2D eigenvalue weighted by Crippen LogP contribution is -2.50. The normalized spacial score (nSPS) is 18.9. The van der Waals surface area contributed by atoms with Crippen molar-refractivity contribution in [3.05, 3.63) is 29.3 Å². The molecule has 0 spiro atoms. The number of aryl methyl sites for hydroxylation is 1. The summed E-state index contributed by atoms with van der Waals surface area (Å²) in [6, 6.07) is 5.91. The zero-order valence-corrected chi connectivity index (χ0v) is 13.1. The largest absolute Gasteiger partial charge is 0.497 e. The van der Waals surface area contributed by atoms with Crippen molar-refractivity contribution in [2.24, 2.45) is 0 Å². The number of rotatable bonds is 4. The van der Waals surface area contributed by atoms with Crippen LogP contribution in [0.5, 0.6) is 5.75 Å². The Morgan fingerprint density at radius 1 is 1.20 bits per heavy atom. The first-order valence-corrected chi connectivity index (χ1v) is 7.54. The summed E-state index contributed by atoms with van der Waals surface area (Å²) in [6.07, 6.45) is 3.30. The number of aliphatic hydroxyl groups is 1. The molecular weight excluding hydrogens is 250 g/mol. The van der Waals surface area contributed by atoms with Gasteiger partial charge in [-0.25, -0.2) is 0 Å². The predicted molar refractivity (Wildman–Crippen MR) is 82.2 cm³/mol. The summed E-state index contributed by atoms with van der Waals surface area (Å²) >= 11 is 0. The monoisotopic (exact) mass is 277 g/mol. The third-order valence-corrected chi connectivity index (χ3v) is 4.61. The SMILES string of the molecule is COc1ccc(C(O)C(C)(C)N2CCCCC2)c(C)c1. The molecule has 112 valence electrons. The number of methoxy groups -OCH3 is 1. The Kier molecular flexibility index (Phi) is 4.71. The van der Waals surface area contributed by atoms with Crippen LogP contribution in [0.1, 0.15) is 50.3 Å². The molecule has 1 N–H and O–H groups in total. The molecule has 1 heterocycles. The van der Waals surface area contributed by atoms with Crippen molar-refractivity contribution in [1.29, 1.82) is 0 Å². The Morgan fingerprint density at radius 2 is 1.85 bits per heavy atom. The molecule has 0 bridgehead atoms. The lowest BCUT2D eigenvalue weighted by atomic mass is 9.86. The van der Waals surface area contributed by atoms with Crippen molar-refractivity contribution in [2.45, 2.75) is 51.7 Å². The van der Waals surface area contributed by atoms with Crippen LogP contribution in [0.15, 0.2) is 18.2 Å².